The summed E-state index contributed by atoms with van der Waals surface area (Å²) in [5.41, 5.74) is 4.94. The third kappa shape index (κ3) is 6.19. The molecule has 0 heterocycles. The van der Waals surface area contributed by atoms with Crippen LogP contribution in [0.2, 0.25) is 0 Å². The summed E-state index contributed by atoms with van der Waals surface area (Å²) >= 11 is 2.18. The maximum atomic E-state index is 10.8. The summed E-state index contributed by atoms with van der Waals surface area (Å²) in [6.07, 6.45) is 2.54. The van der Waals surface area contributed by atoms with Crippen LogP contribution in [0.3, 0.4) is 0 Å². The van der Waals surface area contributed by atoms with Crippen molar-refractivity contribution in [2.75, 3.05) is 6.61 Å². The smallest absolute Gasteiger partial charge is 0.303 e. The molecule has 1 N–H and O–H groups in total. The predicted molar refractivity (Wildman–Crippen MR) is 130 cm³/mol. The van der Waals surface area contributed by atoms with Gasteiger partial charge in [-0.2, -0.15) is 10.5 Å². The molecule has 0 saturated carbocycles. The van der Waals surface area contributed by atoms with Gasteiger partial charge in [0.2, 0.25) is 0 Å². The largest absolute Gasteiger partial charge is 0.488 e. The van der Waals surface area contributed by atoms with Crippen LogP contribution >= 0.6 is 22.6 Å². The molecule has 0 aliphatic heterocycles. The molecule has 5 nitrogen and oxygen atoms in total. The van der Waals surface area contributed by atoms with Gasteiger partial charge in [-0.1, -0.05) is 30.3 Å². The molecule has 0 radical (unpaired) electrons. The van der Waals surface area contributed by atoms with Crippen LogP contribution < -0.4 is 4.74 Å². The van der Waals surface area contributed by atoms with Gasteiger partial charge in [0.15, 0.2) is 0 Å². The fourth-order valence-corrected chi connectivity index (χ4v) is 3.87. The van der Waals surface area contributed by atoms with Gasteiger partial charge in [0.05, 0.1) is 26.8 Å². The van der Waals surface area contributed by atoms with Gasteiger partial charge in [-0.25, -0.2) is 0 Å². The van der Waals surface area contributed by atoms with Crippen molar-refractivity contribution in [3.63, 3.8) is 0 Å². The van der Waals surface area contributed by atoms with E-state index in [1.54, 1.807) is 24.3 Å². The summed E-state index contributed by atoms with van der Waals surface area (Å²) in [5, 5.41) is 27.0. The molecule has 0 aliphatic carbocycles. The molecule has 3 aromatic rings. The zero-order valence-electron chi connectivity index (χ0n) is 17.1. The van der Waals surface area contributed by atoms with Gasteiger partial charge in [0, 0.05) is 6.42 Å². The van der Waals surface area contributed by atoms with E-state index in [9.17, 15) is 4.79 Å². The van der Waals surface area contributed by atoms with Crippen molar-refractivity contribution < 1.29 is 14.6 Å². The summed E-state index contributed by atoms with van der Waals surface area (Å²) in [5.74, 6) is -0.0939. The molecule has 0 bridgehead atoms. The Morgan fingerprint density at radius 3 is 1.97 bits per heavy atom. The molecule has 0 aromatic heterocycles. The van der Waals surface area contributed by atoms with Crippen molar-refractivity contribution in [1.29, 1.82) is 10.5 Å². The fourth-order valence-electron chi connectivity index (χ4n) is 3.13. The third-order valence-electron chi connectivity index (χ3n) is 4.80. The Morgan fingerprint density at radius 1 is 0.938 bits per heavy atom. The van der Waals surface area contributed by atoms with Gasteiger partial charge in [0.1, 0.15) is 12.4 Å². The second-order valence-corrected chi connectivity index (χ2v) is 8.13. The van der Waals surface area contributed by atoms with Gasteiger partial charge in [-0.15, -0.1) is 0 Å². The van der Waals surface area contributed by atoms with E-state index in [1.165, 1.54) is 0 Å². The minimum Gasteiger partial charge on any atom is -0.488 e. The minimum absolute atomic E-state index is 0.0948. The lowest BCUT2D eigenvalue weighted by atomic mass is 9.96. The summed E-state index contributed by atoms with van der Waals surface area (Å²) in [7, 11) is 0. The number of rotatable bonds is 8. The molecule has 3 aromatic carbocycles. The van der Waals surface area contributed by atoms with Crippen LogP contribution in [0.5, 0.6) is 5.75 Å². The molecule has 6 heteroatoms. The number of ether oxygens (including phenoxy) is 1. The Bertz CT molecular complexity index is 1160. The number of halogens is 1. The molecule has 0 unspecified atom stereocenters. The van der Waals surface area contributed by atoms with E-state index in [4.69, 9.17) is 20.4 Å². The van der Waals surface area contributed by atoms with Crippen LogP contribution in [-0.2, 0) is 11.2 Å². The average molecular weight is 534 g/mol. The molecule has 158 valence electrons. The van der Waals surface area contributed by atoms with Crippen LogP contribution in [0.4, 0.5) is 0 Å². The van der Waals surface area contributed by atoms with E-state index in [1.807, 2.05) is 48.5 Å². The van der Waals surface area contributed by atoms with Crippen molar-refractivity contribution in [3.05, 3.63) is 104 Å². The number of aryl methyl sites for hydroxylation is 1. The highest BCUT2D eigenvalue weighted by atomic mass is 127. The fraction of sp³-hybridized carbons (Fsp3) is 0.115. The van der Waals surface area contributed by atoms with Crippen LogP contribution in [0, 0.1) is 26.2 Å². The van der Waals surface area contributed by atoms with E-state index in [0.717, 1.165) is 31.6 Å². The highest BCUT2D eigenvalue weighted by Gasteiger charge is 2.08. The van der Waals surface area contributed by atoms with Crippen molar-refractivity contribution in [3.8, 4) is 17.9 Å². The molecule has 3 rings (SSSR count). The van der Waals surface area contributed by atoms with Gasteiger partial charge >= 0.3 is 5.97 Å². The molecule has 0 spiro atoms. The number of hydrogen-bond donors (Lipinski definition) is 1. The standard InChI is InChI=1S/C26H19IN2O3/c27-24-15-18(6-12-26(30)31)5-11-25(24)32-14-13-23(21-7-1-19(16-28)2-8-21)22-9-3-20(17-29)4-10-22/h1-5,7-11,13,15H,6,12,14H2,(H,30,31). The molecule has 0 atom stereocenters. The Balaban J connectivity index is 1.82. The second-order valence-electron chi connectivity index (χ2n) is 6.97. The molecule has 32 heavy (non-hydrogen) atoms. The average Bonchev–Trinajstić information content (AvgIpc) is 2.82. The van der Waals surface area contributed by atoms with E-state index < -0.39 is 5.97 Å². The number of hydrogen-bond acceptors (Lipinski definition) is 4. The van der Waals surface area contributed by atoms with Crippen molar-refractivity contribution >= 4 is 34.1 Å². The predicted octanol–water partition coefficient (Wildman–Crippen LogP) is 5.56. The van der Waals surface area contributed by atoms with Crippen LogP contribution in [0.25, 0.3) is 5.57 Å². The zero-order valence-corrected chi connectivity index (χ0v) is 19.2. The van der Waals surface area contributed by atoms with Gasteiger partial charge in [-0.3, -0.25) is 4.79 Å². The summed E-state index contributed by atoms with van der Waals surface area (Å²) in [4.78, 5) is 10.8. The lowest BCUT2D eigenvalue weighted by Crippen LogP contribution is -2.00. The minimum atomic E-state index is -0.816. The van der Waals surface area contributed by atoms with E-state index in [0.29, 0.717) is 24.2 Å². The number of benzene rings is 3. The first-order chi connectivity index (χ1) is 15.5. The lowest BCUT2D eigenvalue weighted by Gasteiger charge is -2.12. The summed E-state index contributed by atoms with van der Waals surface area (Å²) in [6.45, 7) is 0.319. The molecule has 0 saturated heterocycles. The summed E-state index contributed by atoms with van der Waals surface area (Å²) < 4.78 is 6.89. The monoisotopic (exact) mass is 534 g/mol. The number of carboxylic acids is 1. The first kappa shape index (κ1) is 23.1. The van der Waals surface area contributed by atoms with Gasteiger partial charge in [-0.05, 0) is 93.7 Å². The normalized spacial score (nSPS) is 9.97. The molecule has 0 aliphatic rings. The molecule has 0 amide bonds. The lowest BCUT2D eigenvalue weighted by molar-refractivity contribution is -0.136. The highest BCUT2D eigenvalue weighted by molar-refractivity contribution is 14.1. The first-order valence-corrected chi connectivity index (χ1v) is 10.9. The van der Waals surface area contributed by atoms with Crippen molar-refractivity contribution in [2.24, 2.45) is 0 Å². The van der Waals surface area contributed by atoms with Crippen molar-refractivity contribution in [2.45, 2.75) is 12.8 Å². The number of carboxylic acid groups (broad SMARTS) is 1. The van der Waals surface area contributed by atoms with Gasteiger partial charge in [0.25, 0.3) is 0 Å². The maximum Gasteiger partial charge on any atom is 0.303 e. The number of nitriles is 2. The topological polar surface area (TPSA) is 94.1 Å². The van der Waals surface area contributed by atoms with E-state index >= 15 is 0 Å². The number of nitrogens with zero attached hydrogens (tertiary/aromatic N) is 2. The number of carbonyl (C=O) groups is 1. The number of aliphatic carboxylic acids is 1. The quantitative estimate of drug-likeness (QED) is 0.382. The Morgan fingerprint density at radius 2 is 1.50 bits per heavy atom. The zero-order chi connectivity index (χ0) is 22.9. The molecular formula is C26H19IN2O3. The Labute approximate surface area is 200 Å². The van der Waals surface area contributed by atoms with Crippen LogP contribution in [-0.4, -0.2) is 17.7 Å². The van der Waals surface area contributed by atoms with Crippen molar-refractivity contribution in [1.82, 2.24) is 0 Å². The first-order valence-electron chi connectivity index (χ1n) is 9.84. The van der Waals surface area contributed by atoms with E-state index in [-0.39, 0.29) is 6.42 Å². The highest BCUT2D eigenvalue weighted by Crippen LogP contribution is 2.26. The third-order valence-corrected chi connectivity index (χ3v) is 5.64. The molecule has 0 fully saturated rings. The van der Waals surface area contributed by atoms with Crippen LogP contribution in [0.15, 0.2) is 72.8 Å². The Kier molecular flexibility index (Phi) is 8.02. The summed E-state index contributed by atoms with van der Waals surface area (Å²) in [6, 6.07) is 24.6. The molecular weight excluding hydrogens is 515 g/mol. The maximum absolute atomic E-state index is 10.8. The van der Waals surface area contributed by atoms with Gasteiger partial charge < -0.3 is 9.84 Å². The van der Waals surface area contributed by atoms with Crippen LogP contribution in [0.1, 0.15) is 34.2 Å². The van der Waals surface area contributed by atoms with E-state index in [2.05, 4.69) is 34.7 Å². The SMILES string of the molecule is N#Cc1ccc(C(=CCOc2ccc(CCC(=O)O)cc2I)c2ccc(C#N)cc2)cc1. The Hall–Kier alpha value is -3.62. The second kappa shape index (κ2) is 11.1.